The summed E-state index contributed by atoms with van der Waals surface area (Å²) in [6, 6.07) is 0. The van der Waals surface area contributed by atoms with Gasteiger partial charge in [-0.25, -0.2) is 4.79 Å². The van der Waals surface area contributed by atoms with Crippen LogP contribution in [0.5, 0.6) is 0 Å². The lowest BCUT2D eigenvalue weighted by Gasteiger charge is -2.43. The van der Waals surface area contributed by atoms with Crippen LogP contribution in [-0.4, -0.2) is 40.9 Å². The topological polar surface area (TPSA) is 49.8 Å². The SMILES string of the molecule is CC(C)[C@]1(CCC(C)(C)O)CCN(C)C(=O)O1. The van der Waals surface area contributed by atoms with Crippen molar-refractivity contribution in [2.45, 2.75) is 58.2 Å². The lowest BCUT2D eigenvalue weighted by Crippen LogP contribution is -2.51. The number of hydrogen-bond donors (Lipinski definition) is 1. The van der Waals surface area contributed by atoms with Gasteiger partial charge >= 0.3 is 6.09 Å². The first kappa shape index (κ1) is 14.3. The molecule has 0 radical (unpaired) electrons. The Morgan fingerprint density at radius 1 is 1.53 bits per heavy atom. The van der Waals surface area contributed by atoms with Crippen LogP contribution in [0.2, 0.25) is 0 Å². The van der Waals surface area contributed by atoms with Crippen LogP contribution in [-0.2, 0) is 4.74 Å². The molecule has 1 aliphatic heterocycles. The average Bonchev–Trinajstić information content (AvgIpc) is 2.19. The van der Waals surface area contributed by atoms with Gasteiger partial charge in [0.15, 0.2) is 0 Å². The van der Waals surface area contributed by atoms with Crippen LogP contribution in [0.4, 0.5) is 4.79 Å². The highest BCUT2D eigenvalue weighted by atomic mass is 16.6. The number of nitrogens with zero attached hydrogens (tertiary/aromatic N) is 1. The lowest BCUT2D eigenvalue weighted by atomic mass is 9.79. The van der Waals surface area contributed by atoms with Crippen LogP contribution in [0, 0.1) is 5.92 Å². The van der Waals surface area contributed by atoms with E-state index < -0.39 is 11.2 Å². The summed E-state index contributed by atoms with van der Waals surface area (Å²) in [4.78, 5) is 13.3. The second-order valence-corrected chi connectivity index (χ2v) is 6.07. The van der Waals surface area contributed by atoms with Crippen LogP contribution in [0.3, 0.4) is 0 Å². The van der Waals surface area contributed by atoms with Crippen molar-refractivity contribution in [3.63, 3.8) is 0 Å². The summed E-state index contributed by atoms with van der Waals surface area (Å²) in [7, 11) is 1.75. The Balaban J connectivity index is 2.74. The van der Waals surface area contributed by atoms with Gasteiger partial charge < -0.3 is 14.7 Å². The summed E-state index contributed by atoms with van der Waals surface area (Å²) in [5.74, 6) is 0.266. The largest absolute Gasteiger partial charge is 0.442 e. The molecule has 1 atom stereocenters. The molecule has 1 heterocycles. The Kier molecular flexibility index (Phi) is 4.07. The highest BCUT2D eigenvalue weighted by molar-refractivity contribution is 5.68. The fourth-order valence-electron chi connectivity index (χ4n) is 2.14. The van der Waals surface area contributed by atoms with E-state index in [1.807, 2.05) is 0 Å². The smallest absolute Gasteiger partial charge is 0.410 e. The fourth-order valence-corrected chi connectivity index (χ4v) is 2.14. The van der Waals surface area contributed by atoms with E-state index in [9.17, 15) is 9.90 Å². The molecule has 0 bridgehead atoms. The monoisotopic (exact) mass is 243 g/mol. The first-order chi connectivity index (χ1) is 7.66. The highest BCUT2D eigenvalue weighted by Crippen LogP contribution is 2.36. The molecule has 1 fully saturated rings. The Morgan fingerprint density at radius 2 is 2.12 bits per heavy atom. The Bertz CT molecular complexity index is 283. The average molecular weight is 243 g/mol. The summed E-state index contributed by atoms with van der Waals surface area (Å²) < 4.78 is 5.62. The molecule has 4 heteroatoms. The normalized spacial score (nSPS) is 26.3. The molecule has 0 saturated carbocycles. The van der Waals surface area contributed by atoms with Crippen LogP contribution < -0.4 is 0 Å². The van der Waals surface area contributed by atoms with Gasteiger partial charge in [0.05, 0.1) is 5.60 Å². The van der Waals surface area contributed by atoms with Crippen molar-refractivity contribution in [1.29, 1.82) is 0 Å². The van der Waals surface area contributed by atoms with E-state index in [4.69, 9.17) is 4.74 Å². The number of hydrogen-bond acceptors (Lipinski definition) is 3. The zero-order valence-corrected chi connectivity index (χ0v) is 11.6. The zero-order chi connectivity index (χ0) is 13.3. The summed E-state index contributed by atoms with van der Waals surface area (Å²) in [6.45, 7) is 8.45. The van der Waals surface area contributed by atoms with E-state index in [-0.39, 0.29) is 12.0 Å². The molecule has 0 spiro atoms. The first-order valence-electron chi connectivity index (χ1n) is 6.33. The van der Waals surface area contributed by atoms with Gasteiger partial charge in [0, 0.05) is 20.0 Å². The quantitative estimate of drug-likeness (QED) is 0.825. The van der Waals surface area contributed by atoms with Gasteiger partial charge in [-0.2, -0.15) is 0 Å². The minimum Gasteiger partial charge on any atom is -0.442 e. The minimum atomic E-state index is -0.711. The van der Waals surface area contributed by atoms with Gasteiger partial charge in [-0.05, 0) is 32.6 Å². The molecule has 4 nitrogen and oxygen atoms in total. The van der Waals surface area contributed by atoms with Crippen molar-refractivity contribution < 1.29 is 14.6 Å². The fraction of sp³-hybridized carbons (Fsp3) is 0.923. The minimum absolute atomic E-state index is 0.249. The van der Waals surface area contributed by atoms with E-state index >= 15 is 0 Å². The third-order valence-corrected chi connectivity index (χ3v) is 3.68. The van der Waals surface area contributed by atoms with Crippen molar-refractivity contribution >= 4 is 6.09 Å². The standard InChI is InChI=1S/C13H25NO3/c1-10(2)13(7-6-12(3,4)16)8-9-14(5)11(15)17-13/h10,16H,6-9H2,1-5H3/t13-/m0/s1. The summed E-state index contributed by atoms with van der Waals surface area (Å²) in [5.41, 5.74) is -1.12. The molecule has 0 aromatic rings. The van der Waals surface area contributed by atoms with Crippen molar-refractivity contribution in [2.24, 2.45) is 5.92 Å². The second-order valence-electron chi connectivity index (χ2n) is 6.07. The van der Waals surface area contributed by atoms with Gasteiger partial charge in [-0.1, -0.05) is 13.8 Å². The molecule has 0 aliphatic carbocycles. The van der Waals surface area contributed by atoms with Gasteiger partial charge in [-0.15, -0.1) is 0 Å². The first-order valence-corrected chi connectivity index (χ1v) is 6.33. The van der Waals surface area contributed by atoms with Gasteiger partial charge in [0.25, 0.3) is 0 Å². The van der Waals surface area contributed by atoms with Crippen molar-refractivity contribution in [1.82, 2.24) is 4.90 Å². The Hall–Kier alpha value is -0.770. The predicted molar refractivity (Wildman–Crippen MR) is 66.8 cm³/mol. The van der Waals surface area contributed by atoms with Crippen molar-refractivity contribution in [3.05, 3.63) is 0 Å². The molecule has 1 saturated heterocycles. The van der Waals surface area contributed by atoms with E-state index in [0.717, 1.165) is 13.0 Å². The highest BCUT2D eigenvalue weighted by Gasteiger charge is 2.42. The van der Waals surface area contributed by atoms with Gasteiger partial charge in [0.1, 0.15) is 5.60 Å². The molecule has 1 aliphatic rings. The van der Waals surface area contributed by atoms with Crippen molar-refractivity contribution in [2.75, 3.05) is 13.6 Å². The van der Waals surface area contributed by atoms with E-state index in [1.54, 1.807) is 25.8 Å². The van der Waals surface area contributed by atoms with Crippen LogP contribution in [0.15, 0.2) is 0 Å². The van der Waals surface area contributed by atoms with Gasteiger partial charge in [0.2, 0.25) is 0 Å². The zero-order valence-electron chi connectivity index (χ0n) is 11.6. The van der Waals surface area contributed by atoms with Crippen LogP contribution >= 0.6 is 0 Å². The number of carbonyl (C=O) groups is 1. The number of carbonyl (C=O) groups excluding carboxylic acids is 1. The molecule has 1 amide bonds. The summed E-state index contributed by atoms with van der Waals surface area (Å²) >= 11 is 0. The van der Waals surface area contributed by atoms with E-state index in [0.29, 0.717) is 12.8 Å². The molecular weight excluding hydrogens is 218 g/mol. The molecule has 17 heavy (non-hydrogen) atoms. The number of aliphatic hydroxyl groups is 1. The maximum absolute atomic E-state index is 11.7. The Morgan fingerprint density at radius 3 is 2.53 bits per heavy atom. The van der Waals surface area contributed by atoms with Crippen LogP contribution in [0.1, 0.15) is 47.0 Å². The maximum Gasteiger partial charge on any atom is 0.410 e. The van der Waals surface area contributed by atoms with E-state index in [1.165, 1.54) is 0 Å². The summed E-state index contributed by atoms with van der Waals surface area (Å²) in [6.07, 6.45) is 1.94. The number of cyclic esters (lactones) is 1. The number of amides is 1. The molecule has 0 aromatic carbocycles. The molecule has 1 rings (SSSR count). The van der Waals surface area contributed by atoms with Crippen LogP contribution in [0.25, 0.3) is 0 Å². The second kappa shape index (κ2) is 4.84. The molecule has 0 unspecified atom stereocenters. The number of ether oxygens (including phenoxy) is 1. The third-order valence-electron chi connectivity index (χ3n) is 3.68. The summed E-state index contributed by atoms with van der Waals surface area (Å²) in [5, 5.41) is 9.81. The van der Waals surface area contributed by atoms with Crippen molar-refractivity contribution in [3.8, 4) is 0 Å². The maximum atomic E-state index is 11.7. The molecule has 0 aromatic heterocycles. The predicted octanol–water partition coefficient (Wildman–Crippen LogP) is 2.40. The van der Waals surface area contributed by atoms with Gasteiger partial charge in [-0.3, -0.25) is 0 Å². The third kappa shape index (κ3) is 3.60. The molecule has 1 N–H and O–H groups in total. The van der Waals surface area contributed by atoms with E-state index in [2.05, 4.69) is 13.8 Å². The molecule has 100 valence electrons. The number of rotatable bonds is 4. The molecular formula is C13H25NO3. The Labute approximate surface area is 104 Å². The lowest BCUT2D eigenvalue weighted by molar-refractivity contribution is -0.0878.